The van der Waals surface area contributed by atoms with Crippen LogP contribution < -0.4 is 10.2 Å². The molecule has 1 fully saturated rings. The third-order valence-electron chi connectivity index (χ3n) is 4.62. The Morgan fingerprint density at radius 3 is 2.64 bits per heavy atom. The van der Waals surface area contributed by atoms with E-state index < -0.39 is 0 Å². The first-order valence-corrected chi connectivity index (χ1v) is 8.67. The van der Waals surface area contributed by atoms with E-state index >= 15 is 0 Å². The minimum Gasteiger partial charge on any atom is -0.364 e. The minimum absolute atomic E-state index is 0.0230. The van der Waals surface area contributed by atoms with Gasteiger partial charge in [0.25, 0.3) is 0 Å². The van der Waals surface area contributed by atoms with E-state index in [-0.39, 0.29) is 10.6 Å². The molecule has 1 aliphatic rings. The zero-order chi connectivity index (χ0) is 17.6. The standard InChI is InChI=1S/C18H23N5O2/c1-14-8-11-22(12-9-14)18-16(23(24)25)17(20-13-21-18)19-10-7-15-5-3-2-4-6-15/h2-6,13-14H,7-12H2,1H3,(H,19,20,21). The molecule has 0 bridgehead atoms. The van der Waals surface area contributed by atoms with E-state index in [0.717, 1.165) is 32.4 Å². The second-order valence-electron chi connectivity index (χ2n) is 6.48. The Labute approximate surface area is 147 Å². The van der Waals surface area contributed by atoms with E-state index in [2.05, 4.69) is 22.2 Å². The second-order valence-corrected chi connectivity index (χ2v) is 6.48. The largest absolute Gasteiger partial charge is 0.364 e. The molecular formula is C18H23N5O2. The summed E-state index contributed by atoms with van der Waals surface area (Å²) in [5.41, 5.74) is 1.15. The van der Waals surface area contributed by atoms with Crippen LogP contribution in [0.5, 0.6) is 0 Å². The topological polar surface area (TPSA) is 84.2 Å². The Kier molecular flexibility index (Phi) is 5.42. The molecule has 2 heterocycles. The van der Waals surface area contributed by atoms with Crippen LogP contribution in [0.2, 0.25) is 0 Å². The van der Waals surface area contributed by atoms with Gasteiger partial charge in [0.1, 0.15) is 6.33 Å². The van der Waals surface area contributed by atoms with Crippen molar-refractivity contribution in [1.82, 2.24) is 9.97 Å². The molecule has 7 heteroatoms. The van der Waals surface area contributed by atoms with Gasteiger partial charge < -0.3 is 10.2 Å². The molecule has 3 rings (SSSR count). The molecule has 1 saturated heterocycles. The molecule has 1 aliphatic heterocycles. The number of nitrogens with one attached hydrogen (secondary N) is 1. The molecule has 0 saturated carbocycles. The summed E-state index contributed by atoms with van der Waals surface area (Å²) < 4.78 is 0. The Morgan fingerprint density at radius 1 is 1.24 bits per heavy atom. The lowest BCUT2D eigenvalue weighted by Gasteiger charge is -2.30. The number of benzene rings is 1. The number of nitrogens with zero attached hydrogens (tertiary/aromatic N) is 4. The molecule has 0 unspecified atom stereocenters. The van der Waals surface area contributed by atoms with Crippen molar-refractivity contribution >= 4 is 17.3 Å². The number of aromatic nitrogens is 2. The molecule has 7 nitrogen and oxygen atoms in total. The van der Waals surface area contributed by atoms with Crippen LogP contribution >= 0.6 is 0 Å². The average molecular weight is 341 g/mol. The van der Waals surface area contributed by atoms with Gasteiger partial charge in [-0.1, -0.05) is 37.3 Å². The maximum absolute atomic E-state index is 11.6. The highest BCUT2D eigenvalue weighted by Gasteiger charge is 2.28. The van der Waals surface area contributed by atoms with E-state index in [1.54, 1.807) is 0 Å². The lowest BCUT2D eigenvalue weighted by molar-refractivity contribution is -0.383. The van der Waals surface area contributed by atoms with Gasteiger partial charge in [0.05, 0.1) is 4.92 Å². The summed E-state index contributed by atoms with van der Waals surface area (Å²) in [5, 5.41) is 14.8. The van der Waals surface area contributed by atoms with E-state index in [0.29, 0.717) is 24.1 Å². The number of anilines is 2. The van der Waals surface area contributed by atoms with Crippen molar-refractivity contribution in [2.75, 3.05) is 29.9 Å². The number of hydrogen-bond donors (Lipinski definition) is 1. The zero-order valence-corrected chi connectivity index (χ0v) is 14.4. The summed E-state index contributed by atoms with van der Waals surface area (Å²) >= 11 is 0. The van der Waals surface area contributed by atoms with Crippen LogP contribution in [0.4, 0.5) is 17.3 Å². The molecule has 25 heavy (non-hydrogen) atoms. The Balaban J connectivity index is 1.74. The molecule has 0 aliphatic carbocycles. The monoisotopic (exact) mass is 341 g/mol. The van der Waals surface area contributed by atoms with Gasteiger partial charge in [-0.25, -0.2) is 9.97 Å². The van der Waals surface area contributed by atoms with Crippen LogP contribution in [0.1, 0.15) is 25.3 Å². The summed E-state index contributed by atoms with van der Waals surface area (Å²) in [7, 11) is 0. The van der Waals surface area contributed by atoms with Crippen molar-refractivity contribution in [2.24, 2.45) is 5.92 Å². The summed E-state index contributed by atoms with van der Waals surface area (Å²) in [6.45, 7) is 4.38. The van der Waals surface area contributed by atoms with E-state index in [4.69, 9.17) is 0 Å². The molecule has 0 radical (unpaired) electrons. The third-order valence-corrected chi connectivity index (χ3v) is 4.62. The summed E-state index contributed by atoms with van der Waals surface area (Å²) in [5.74, 6) is 1.37. The van der Waals surface area contributed by atoms with Gasteiger partial charge in [0.15, 0.2) is 0 Å². The smallest absolute Gasteiger partial charge is 0.353 e. The zero-order valence-electron chi connectivity index (χ0n) is 14.4. The van der Waals surface area contributed by atoms with Gasteiger partial charge in [-0.2, -0.15) is 0 Å². The Bertz CT molecular complexity index is 715. The van der Waals surface area contributed by atoms with Crippen LogP contribution in [0.15, 0.2) is 36.7 Å². The number of rotatable bonds is 6. The predicted octanol–water partition coefficient (Wildman–Crippen LogP) is 3.28. The first-order valence-electron chi connectivity index (χ1n) is 8.67. The van der Waals surface area contributed by atoms with Gasteiger partial charge >= 0.3 is 5.69 Å². The van der Waals surface area contributed by atoms with Crippen molar-refractivity contribution < 1.29 is 4.92 Å². The molecular weight excluding hydrogens is 318 g/mol. The second kappa shape index (κ2) is 7.92. The molecule has 1 aromatic heterocycles. The quantitative estimate of drug-likeness (QED) is 0.641. The van der Waals surface area contributed by atoms with Crippen LogP contribution in [0.3, 0.4) is 0 Å². The molecule has 1 N–H and O–H groups in total. The third kappa shape index (κ3) is 4.23. The normalized spacial score (nSPS) is 15.2. The van der Waals surface area contributed by atoms with Crippen LogP contribution in [0.25, 0.3) is 0 Å². The van der Waals surface area contributed by atoms with Crippen molar-refractivity contribution in [1.29, 1.82) is 0 Å². The number of piperidine rings is 1. The minimum atomic E-state index is -0.377. The van der Waals surface area contributed by atoms with Crippen molar-refractivity contribution in [3.8, 4) is 0 Å². The Hall–Kier alpha value is -2.70. The molecule has 0 atom stereocenters. The van der Waals surface area contributed by atoms with Crippen LogP contribution in [-0.4, -0.2) is 34.5 Å². The number of hydrogen-bond acceptors (Lipinski definition) is 6. The highest BCUT2D eigenvalue weighted by Crippen LogP contribution is 2.33. The highest BCUT2D eigenvalue weighted by molar-refractivity contribution is 5.70. The molecule has 1 aromatic carbocycles. The SMILES string of the molecule is CC1CCN(c2ncnc(NCCc3ccccc3)c2[N+](=O)[O-])CC1. The predicted molar refractivity (Wildman–Crippen MR) is 97.9 cm³/mol. The highest BCUT2D eigenvalue weighted by atomic mass is 16.6. The maximum atomic E-state index is 11.6. The molecule has 2 aromatic rings. The first kappa shape index (κ1) is 17.1. The van der Waals surface area contributed by atoms with Gasteiger partial charge in [-0.3, -0.25) is 10.1 Å². The summed E-state index contributed by atoms with van der Waals surface area (Å²) in [6, 6.07) is 10.0. The number of nitro groups is 1. The van der Waals surface area contributed by atoms with E-state index in [1.807, 2.05) is 35.2 Å². The summed E-state index contributed by atoms with van der Waals surface area (Å²) in [6.07, 6.45) is 4.24. The molecule has 0 spiro atoms. The van der Waals surface area contributed by atoms with Crippen molar-refractivity contribution in [2.45, 2.75) is 26.2 Å². The molecule has 0 amide bonds. The van der Waals surface area contributed by atoms with E-state index in [9.17, 15) is 10.1 Å². The van der Waals surface area contributed by atoms with Gasteiger partial charge in [-0.15, -0.1) is 0 Å². The van der Waals surface area contributed by atoms with Crippen molar-refractivity contribution in [3.05, 3.63) is 52.3 Å². The van der Waals surface area contributed by atoms with Gasteiger partial charge in [0.2, 0.25) is 11.6 Å². The molecule has 132 valence electrons. The van der Waals surface area contributed by atoms with Crippen molar-refractivity contribution in [3.63, 3.8) is 0 Å². The maximum Gasteiger partial charge on any atom is 0.353 e. The fourth-order valence-corrected chi connectivity index (χ4v) is 3.09. The lowest BCUT2D eigenvalue weighted by atomic mass is 9.99. The van der Waals surface area contributed by atoms with Crippen LogP contribution in [-0.2, 0) is 6.42 Å². The fraction of sp³-hybridized carbons (Fsp3) is 0.444. The first-order chi connectivity index (χ1) is 12.1. The van der Waals surface area contributed by atoms with Gasteiger partial charge in [-0.05, 0) is 30.7 Å². The summed E-state index contributed by atoms with van der Waals surface area (Å²) in [4.78, 5) is 21.6. The Morgan fingerprint density at radius 2 is 1.96 bits per heavy atom. The van der Waals surface area contributed by atoms with Gasteiger partial charge in [0, 0.05) is 19.6 Å². The fourth-order valence-electron chi connectivity index (χ4n) is 3.09. The van der Waals surface area contributed by atoms with E-state index in [1.165, 1.54) is 11.9 Å². The average Bonchev–Trinajstić information content (AvgIpc) is 2.63. The lowest BCUT2D eigenvalue weighted by Crippen LogP contribution is -2.34. The van der Waals surface area contributed by atoms with Crippen LogP contribution in [0, 0.1) is 16.0 Å².